The summed E-state index contributed by atoms with van der Waals surface area (Å²) >= 11 is 1.46. The van der Waals surface area contributed by atoms with Crippen LogP contribution >= 0.6 is 11.3 Å². The van der Waals surface area contributed by atoms with Gasteiger partial charge in [0.25, 0.3) is 5.91 Å². The molecule has 0 radical (unpaired) electrons. The molecule has 3 rings (SSSR count). The number of likely N-dealkylation sites (N-methyl/N-ethyl adjacent to an activating group) is 1. The predicted molar refractivity (Wildman–Crippen MR) is 98.0 cm³/mol. The van der Waals surface area contributed by atoms with Crippen molar-refractivity contribution in [3.05, 3.63) is 34.4 Å². The highest BCUT2D eigenvalue weighted by Gasteiger charge is 2.16. The van der Waals surface area contributed by atoms with Crippen LogP contribution in [0.1, 0.15) is 28.0 Å². The van der Waals surface area contributed by atoms with Gasteiger partial charge in [0.05, 0.1) is 11.2 Å². The van der Waals surface area contributed by atoms with Crippen molar-refractivity contribution in [2.24, 2.45) is 0 Å². The predicted octanol–water partition coefficient (Wildman–Crippen LogP) is 2.49. The van der Waals surface area contributed by atoms with Crippen molar-refractivity contribution < 1.29 is 4.79 Å². The molecule has 0 saturated carbocycles. The van der Waals surface area contributed by atoms with Crippen molar-refractivity contribution in [3.8, 4) is 0 Å². The zero-order valence-electron chi connectivity index (χ0n) is 14.2. The Balaban J connectivity index is 1.66. The lowest BCUT2D eigenvalue weighted by Crippen LogP contribution is -2.44. The van der Waals surface area contributed by atoms with Crippen LogP contribution in [0, 0.1) is 0 Å². The van der Waals surface area contributed by atoms with Crippen LogP contribution in [-0.2, 0) is 6.42 Å². The standard InChI is InChI=1S/C17H23N5OS/c1-3-4-16-19-12-14(24-16)17(23)20-13-5-6-18-15(11-13)22-9-7-21(2)8-10-22/h5-6,11-12H,3-4,7-10H2,1-2H3,(H,18,20,23). The fraction of sp³-hybridized carbons (Fsp3) is 0.471. The van der Waals surface area contributed by atoms with Gasteiger partial charge in [-0.1, -0.05) is 6.92 Å². The van der Waals surface area contributed by atoms with E-state index in [9.17, 15) is 4.79 Å². The van der Waals surface area contributed by atoms with Crippen molar-refractivity contribution in [2.75, 3.05) is 43.4 Å². The first-order valence-electron chi connectivity index (χ1n) is 8.31. The Morgan fingerprint density at radius 2 is 2.08 bits per heavy atom. The third-order valence-electron chi connectivity index (χ3n) is 4.07. The van der Waals surface area contributed by atoms with E-state index in [1.165, 1.54) is 11.3 Å². The number of thiazole rings is 1. The maximum atomic E-state index is 12.4. The van der Waals surface area contributed by atoms with Crippen LogP contribution in [0.3, 0.4) is 0 Å². The fourth-order valence-electron chi connectivity index (χ4n) is 2.64. The number of nitrogens with zero attached hydrogens (tertiary/aromatic N) is 4. The molecular formula is C17H23N5OS. The number of rotatable bonds is 5. The molecule has 6 nitrogen and oxygen atoms in total. The largest absolute Gasteiger partial charge is 0.354 e. The minimum atomic E-state index is -0.106. The van der Waals surface area contributed by atoms with E-state index in [-0.39, 0.29) is 5.91 Å². The SMILES string of the molecule is CCCc1ncc(C(=O)Nc2ccnc(N3CCN(C)CC3)c2)s1. The third kappa shape index (κ3) is 4.10. The van der Waals surface area contributed by atoms with Crippen LogP contribution < -0.4 is 10.2 Å². The monoisotopic (exact) mass is 345 g/mol. The summed E-state index contributed by atoms with van der Waals surface area (Å²) < 4.78 is 0. The first kappa shape index (κ1) is 16.9. The Morgan fingerprint density at radius 1 is 1.29 bits per heavy atom. The summed E-state index contributed by atoms with van der Waals surface area (Å²) in [4.78, 5) is 26.3. The minimum Gasteiger partial charge on any atom is -0.354 e. The number of anilines is 2. The van der Waals surface area contributed by atoms with Gasteiger partial charge in [0.1, 0.15) is 10.7 Å². The van der Waals surface area contributed by atoms with Crippen LogP contribution in [0.15, 0.2) is 24.5 Å². The van der Waals surface area contributed by atoms with E-state index < -0.39 is 0 Å². The molecule has 0 atom stereocenters. The Morgan fingerprint density at radius 3 is 2.83 bits per heavy atom. The number of carbonyl (C=O) groups excluding carboxylic acids is 1. The fourth-order valence-corrected chi connectivity index (χ4v) is 3.56. The molecule has 1 N–H and O–H groups in total. The topological polar surface area (TPSA) is 61.4 Å². The molecule has 0 bridgehead atoms. The number of amides is 1. The molecule has 7 heteroatoms. The Kier molecular flexibility index (Phi) is 5.42. The van der Waals surface area contributed by atoms with Crippen LogP contribution in [0.2, 0.25) is 0 Å². The molecule has 1 amide bonds. The number of nitrogens with one attached hydrogen (secondary N) is 1. The molecule has 1 aliphatic heterocycles. The molecule has 1 fully saturated rings. The second-order valence-corrected chi connectivity index (χ2v) is 7.13. The summed E-state index contributed by atoms with van der Waals surface area (Å²) in [6, 6.07) is 3.77. The van der Waals surface area contributed by atoms with Crippen LogP contribution in [0.5, 0.6) is 0 Å². The van der Waals surface area contributed by atoms with E-state index in [1.807, 2.05) is 12.1 Å². The lowest BCUT2D eigenvalue weighted by Gasteiger charge is -2.33. The van der Waals surface area contributed by atoms with Gasteiger partial charge in [-0.3, -0.25) is 4.79 Å². The summed E-state index contributed by atoms with van der Waals surface area (Å²) in [5, 5.41) is 3.97. The zero-order valence-corrected chi connectivity index (χ0v) is 15.0. The van der Waals surface area contributed by atoms with Gasteiger partial charge < -0.3 is 15.1 Å². The van der Waals surface area contributed by atoms with E-state index in [4.69, 9.17) is 0 Å². The molecule has 128 valence electrons. The molecule has 0 unspecified atom stereocenters. The minimum absolute atomic E-state index is 0.106. The van der Waals surface area contributed by atoms with Crippen LogP contribution in [-0.4, -0.2) is 54.0 Å². The zero-order chi connectivity index (χ0) is 16.9. The van der Waals surface area contributed by atoms with Gasteiger partial charge in [-0.2, -0.15) is 0 Å². The van der Waals surface area contributed by atoms with Gasteiger partial charge in [0.15, 0.2) is 0 Å². The quantitative estimate of drug-likeness (QED) is 0.902. The number of piperazine rings is 1. The highest BCUT2D eigenvalue weighted by Crippen LogP contribution is 2.20. The summed E-state index contributed by atoms with van der Waals surface area (Å²) in [5.74, 6) is 0.808. The molecule has 0 aromatic carbocycles. The van der Waals surface area contributed by atoms with Gasteiger partial charge in [0, 0.05) is 44.1 Å². The van der Waals surface area contributed by atoms with Crippen molar-refractivity contribution in [2.45, 2.75) is 19.8 Å². The van der Waals surface area contributed by atoms with Crippen LogP contribution in [0.4, 0.5) is 11.5 Å². The lowest BCUT2D eigenvalue weighted by atomic mass is 10.3. The van der Waals surface area contributed by atoms with Gasteiger partial charge in [0.2, 0.25) is 0 Å². The molecule has 1 aliphatic rings. The molecule has 0 aliphatic carbocycles. The second kappa shape index (κ2) is 7.72. The third-order valence-corrected chi connectivity index (χ3v) is 5.13. The Bertz CT molecular complexity index is 694. The Labute approximate surface area is 146 Å². The number of aromatic nitrogens is 2. The van der Waals surface area contributed by atoms with Crippen molar-refractivity contribution in [1.29, 1.82) is 0 Å². The average molecular weight is 345 g/mol. The lowest BCUT2D eigenvalue weighted by molar-refractivity contribution is 0.103. The van der Waals surface area contributed by atoms with Gasteiger partial charge in [-0.15, -0.1) is 11.3 Å². The number of carbonyl (C=O) groups is 1. The van der Waals surface area contributed by atoms with E-state index in [0.717, 1.165) is 55.5 Å². The molecule has 2 aromatic rings. The molecule has 3 heterocycles. The molecule has 0 spiro atoms. The molecular weight excluding hydrogens is 322 g/mol. The normalized spacial score (nSPS) is 15.5. The smallest absolute Gasteiger partial charge is 0.267 e. The van der Waals surface area contributed by atoms with Gasteiger partial charge in [-0.25, -0.2) is 9.97 Å². The average Bonchev–Trinajstić information content (AvgIpc) is 3.05. The maximum Gasteiger partial charge on any atom is 0.267 e. The van der Waals surface area contributed by atoms with Gasteiger partial charge >= 0.3 is 0 Å². The van der Waals surface area contributed by atoms with Crippen LogP contribution in [0.25, 0.3) is 0 Å². The van der Waals surface area contributed by atoms with E-state index in [2.05, 4.69) is 39.1 Å². The van der Waals surface area contributed by atoms with E-state index >= 15 is 0 Å². The molecule has 2 aromatic heterocycles. The highest BCUT2D eigenvalue weighted by molar-refractivity contribution is 7.13. The first-order chi connectivity index (χ1) is 11.7. The summed E-state index contributed by atoms with van der Waals surface area (Å²) in [7, 11) is 2.13. The summed E-state index contributed by atoms with van der Waals surface area (Å²) in [6.07, 6.45) is 5.36. The number of hydrogen-bond donors (Lipinski definition) is 1. The van der Waals surface area contributed by atoms with Gasteiger partial charge in [-0.05, 0) is 26.0 Å². The van der Waals surface area contributed by atoms with Crippen molar-refractivity contribution in [1.82, 2.24) is 14.9 Å². The highest BCUT2D eigenvalue weighted by atomic mass is 32.1. The summed E-state index contributed by atoms with van der Waals surface area (Å²) in [5.41, 5.74) is 0.773. The maximum absolute atomic E-state index is 12.4. The van der Waals surface area contributed by atoms with E-state index in [1.54, 1.807) is 12.4 Å². The van der Waals surface area contributed by atoms with Crippen molar-refractivity contribution >= 4 is 28.7 Å². The molecule has 1 saturated heterocycles. The number of pyridine rings is 1. The number of hydrogen-bond acceptors (Lipinski definition) is 6. The summed E-state index contributed by atoms with van der Waals surface area (Å²) in [6.45, 7) is 6.07. The first-order valence-corrected chi connectivity index (χ1v) is 9.13. The molecule has 24 heavy (non-hydrogen) atoms. The number of aryl methyl sites for hydroxylation is 1. The second-order valence-electron chi connectivity index (χ2n) is 6.02. The van der Waals surface area contributed by atoms with Crippen molar-refractivity contribution in [3.63, 3.8) is 0 Å². The Hall–Kier alpha value is -1.99. The van der Waals surface area contributed by atoms with E-state index in [0.29, 0.717) is 4.88 Å².